The number of aromatic nitrogens is 5. The second-order valence-corrected chi connectivity index (χ2v) is 9.35. The van der Waals surface area contributed by atoms with Crippen molar-refractivity contribution in [2.75, 3.05) is 0 Å². The van der Waals surface area contributed by atoms with E-state index in [1.54, 1.807) is 16.9 Å². The number of aryl methyl sites for hydroxylation is 3. The summed E-state index contributed by atoms with van der Waals surface area (Å²) in [6.07, 6.45) is 8.78. The Kier molecular flexibility index (Phi) is 6.22. The van der Waals surface area contributed by atoms with Crippen LogP contribution in [-0.2, 0) is 6.54 Å². The molecule has 1 aromatic carbocycles. The summed E-state index contributed by atoms with van der Waals surface area (Å²) >= 11 is 0. The van der Waals surface area contributed by atoms with Crippen LogP contribution in [0.25, 0.3) is 22.2 Å². The fraction of sp³-hybridized carbons (Fsp3) is 0.462. The molecular formula is C26H32N6O2. The van der Waals surface area contributed by atoms with Crippen molar-refractivity contribution in [3.05, 3.63) is 53.4 Å². The third kappa shape index (κ3) is 4.36. The first-order valence-electron chi connectivity index (χ1n) is 12.3. The average molecular weight is 461 g/mol. The summed E-state index contributed by atoms with van der Waals surface area (Å²) in [6.45, 7) is 6.51. The number of imidazole rings is 1. The SMILES string of the molecule is CCn1nccc1C(=O)N[C@@H](CC1CCCCC1)c1nc2ccc(-c3c(C)noc3C)cc2[nH]1. The highest BCUT2D eigenvalue weighted by molar-refractivity contribution is 5.92. The number of carbonyl (C=O) groups excluding carboxylic acids is 1. The van der Waals surface area contributed by atoms with Gasteiger partial charge in [-0.15, -0.1) is 0 Å². The maximum absolute atomic E-state index is 13.2. The summed E-state index contributed by atoms with van der Waals surface area (Å²) in [5, 5.41) is 11.6. The van der Waals surface area contributed by atoms with Gasteiger partial charge in [0.2, 0.25) is 0 Å². The average Bonchev–Trinajstić information content (AvgIpc) is 3.57. The molecule has 1 aliphatic rings. The summed E-state index contributed by atoms with van der Waals surface area (Å²) in [5.74, 6) is 2.07. The number of amides is 1. The number of nitrogens with zero attached hydrogens (tertiary/aromatic N) is 4. The minimum Gasteiger partial charge on any atom is -0.361 e. The van der Waals surface area contributed by atoms with Crippen molar-refractivity contribution in [1.82, 2.24) is 30.2 Å². The number of rotatable bonds is 7. The van der Waals surface area contributed by atoms with E-state index < -0.39 is 0 Å². The van der Waals surface area contributed by atoms with Crippen LogP contribution >= 0.6 is 0 Å². The third-order valence-corrected chi connectivity index (χ3v) is 7.00. The number of H-pyrrole nitrogens is 1. The molecule has 34 heavy (non-hydrogen) atoms. The topological polar surface area (TPSA) is 102 Å². The maximum atomic E-state index is 13.2. The van der Waals surface area contributed by atoms with Crippen LogP contribution in [-0.4, -0.2) is 30.8 Å². The molecule has 1 fully saturated rings. The van der Waals surface area contributed by atoms with Gasteiger partial charge in [-0.1, -0.05) is 43.3 Å². The smallest absolute Gasteiger partial charge is 0.270 e. The highest BCUT2D eigenvalue weighted by Crippen LogP contribution is 2.33. The van der Waals surface area contributed by atoms with Crippen molar-refractivity contribution in [2.45, 2.75) is 71.9 Å². The Morgan fingerprint density at radius 3 is 2.79 bits per heavy atom. The fourth-order valence-corrected chi connectivity index (χ4v) is 5.25. The first-order valence-corrected chi connectivity index (χ1v) is 12.3. The molecule has 8 heteroatoms. The number of aromatic amines is 1. The first-order chi connectivity index (χ1) is 16.5. The Labute approximate surface area is 199 Å². The number of fused-ring (bicyclic) bond motifs is 1. The molecule has 1 aliphatic carbocycles. The van der Waals surface area contributed by atoms with Gasteiger partial charge in [0.25, 0.3) is 5.91 Å². The molecule has 1 saturated carbocycles. The van der Waals surface area contributed by atoms with Gasteiger partial charge in [-0.05, 0) is 56.9 Å². The van der Waals surface area contributed by atoms with E-state index in [0.29, 0.717) is 18.2 Å². The Morgan fingerprint density at radius 2 is 2.06 bits per heavy atom. The highest BCUT2D eigenvalue weighted by Gasteiger charge is 2.26. The van der Waals surface area contributed by atoms with Gasteiger partial charge in [0.05, 0.1) is 22.8 Å². The van der Waals surface area contributed by atoms with Crippen LogP contribution in [0, 0.1) is 19.8 Å². The monoisotopic (exact) mass is 460 g/mol. The van der Waals surface area contributed by atoms with Crippen molar-refractivity contribution < 1.29 is 9.32 Å². The van der Waals surface area contributed by atoms with E-state index in [0.717, 1.165) is 45.9 Å². The lowest BCUT2D eigenvalue weighted by Gasteiger charge is -2.26. The molecule has 0 radical (unpaired) electrons. The molecule has 3 heterocycles. The molecule has 0 saturated heterocycles. The zero-order valence-corrected chi connectivity index (χ0v) is 20.1. The second kappa shape index (κ2) is 9.44. The van der Waals surface area contributed by atoms with E-state index in [1.807, 2.05) is 32.9 Å². The van der Waals surface area contributed by atoms with Gasteiger partial charge in [0.15, 0.2) is 0 Å². The van der Waals surface area contributed by atoms with Gasteiger partial charge in [0, 0.05) is 18.3 Å². The Morgan fingerprint density at radius 1 is 1.24 bits per heavy atom. The van der Waals surface area contributed by atoms with Crippen molar-refractivity contribution in [3.8, 4) is 11.1 Å². The van der Waals surface area contributed by atoms with Gasteiger partial charge in [-0.25, -0.2) is 4.98 Å². The van der Waals surface area contributed by atoms with E-state index in [9.17, 15) is 4.79 Å². The lowest BCUT2D eigenvalue weighted by Crippen LogP contribution is -2.32. The van der Waals surface area contributed by atoms with Gasteiger partial charge in [-0.3, -0.25) is 9.48 Å². The zero-order chi connectivity index (χ0) is 23.7. The largest absolute Gasteiger partial charge is 0.361 e. The molecular weight excluding hydrogens is 428 g/mol. The van der Waals surface area contributed by atoms with Crippen LogP contribution in [0.4, 0.5) is 0 Å². The molecule has 3 aromatic heterocycles. The normalized spacial score (nSPS) is 15.6. The van der Waals surface area contributed by atoms with E-state index in [2.05, 4.69) is 26.6 Å². The van der Waals surface area contributed by atoms with Crippen molar-refractivity contribution in [1.29, 1.82) is 0 Å². The summed E-state index contributed by atoms with van der Waals surface area (Å²) in [7, 11) is 0. The minimum atomic E-state index is -0.189. The highest BCUT2D eigenvalue weighted by atomic mass is 16.5. The van der Waals surface area contributed by atoms with Crippen LogP contribution in [0.2, 0.25) is 0 Å². The number of carbonyl (C=O) groups is 1. The molecule has 178 valence electrons. The van der Waals surface area contributed by atoms with Crippen molar-refractivity contribution >= 4 is 16.9 Å². The predicted octanol–water partition coefficient (Wildman–Crippen LogP) is 5.49. The van der Waals surface area contributed by atoms with Gasteiger partial charge in [0.1, 0.15) is 17.3 Å². The van der Waals surface area contributed by atoms with E-state index in [1.165, 1.54) is 32.1 Å². The molecule has 5 rings (SSSR count). The molecule has 8 nitrogen and oxygen atoms in total. The van der Waals surface area contributed by atoms with E-state index in [4.69, 9.17) is 9.51 Å². The van der Waals surface area contributed by atoms with Crippen LogP contribution in [0.3, 0.4) is 0 Å². The van der Waals surface area contributed by atoms with Crippen molar-refractivity contribution in [2.24, 2.45) is 5.92 Å². The molecule has 1 atom stereocenters. The Bertz CT molecular complexity index is 1270. The lowest BCUT2D eigenvalue weighted by molar-refractivity contribution is 0.0915. The Balaban J connectivity index is 1.46. The zero-order valence-electron chi connectivity index (χ0n) is 20.1. The standard InChI is InChI=1S/C26H32N6O2/c1-4-32-23(12-13-27-32)26(33)30-22(14-18-8-6-5-7-9-18)25-28-20-11-10-19(15-21(20)29-25)24-16(2)31-34-17(24)3/h10-13,15,18,22H,4-9,14H2,1-3H3,(H,28,29)(H,30,33)/t22-/m0/s1. The van der Waals surface area contributed by atoms with Crippen molar-refractivity contribution in [3.63, 3.8) is 0 Å². The van der Waals surface area contributed by atoms with Crippen LogP contribution in [0.5, 0.6) is 0 Å². The summed E-state index contributed by atoms with van der Waals surface area (Å²) < 4.78 is 7.08. The molecule has 1 amide bonds. The third-order valence-electron chi connectivity index (χ3n) is 7.00. The molecule has 0 bridgehead atoms. The molecule has 0 spiro atoms. The van der Waals surface area contributed by atoms with Gasteiger partial charge >= 0.3 is 0 Å². The number of hydrogen-bond donors (Lipinski definition) is 2. The van der Waals surface area contributed by atoms with E-state index >= 15 is 0 Å². The van der Waals surface area contributed by atoms with Crippen LogP contribution < -0.4 is 5.32 Å². The quantitative estimate of drug-likeness (QED) is 0.380. The maximum Gasteiger partial charge on any atom is 0.270 e. The summed E-state index contributed by atoms with van der Waals surface area (Å²) in [5.41, 5.74) is 5.32. The van der Waals surface area contributed by atoms with E-state index in [-0.39, 0.29) is 11.9 Å². The number of benzene rings is 1. The van der Waals surface area contributed by atoms with Crippen LogP contribution in [0.1, 0.15) is 79.3 Å². The first kappa shape index (κ1) is 22.4. The molecule has 0 unspecified atom stereocenters. The van der Waals surface area contributed by atoms with Gasteiger partial charge < -0.3 is 14.8 Å². The fourth-order valence-electron chi connectivity index (χ4n) is 5.25. The summed E-state index contributed by atoms with van der Waals surface area (Å²) in [4.78, 5) is 21.6. The van der Waals surface area contributed by atoms with Gasteiger partial charge in [-0.2, -0.15) is 5.10 Å². The Hall–Kier alpha value is -3.42. The van der Waals surface area contributed by atoms with Crippen LogP contribution in [0.15, 0.2) is 35.0 Å². The molecule has 4 aromatic rings. The number of hydrogen-bond acceptors (Lipinski definition) is 5. The minimum absolute atomic E-state index is 0.114. The number of nitrogens with one attached hydrogen (secondary N) is 2. The summed E-state index contributed by atoms with van der Waals surface area (Å²) in [6, 6.07) is 7.73. The lowest BCUT2D eigenvalue weighted by atomic mass is 9.84. The molecule has 2 N–H and O–H groups in total. The predicted molar refractivity (Wildman–Crippen MR) is 130 cm³/mol. The molecule has 0 aliphatic heterocycles. The second-order valence-electron chi connectivity index (χ2n) is 9.35.